The van der Waals surface area contributed by atoms with Crippen LogP contribution in [-0.2, 0) is 0 Å². The molecule has 0 amide bonds. The second kappa shape index (κ2) is 7.01. The van der Waals surface area contributed by atoms with Gasteiger partial charge >= 0.3 is 0 Å². The molecule has 0 aromatic carbocycles. The van der Waals surface area contributed by atoms with Gasteiger partial charge in [-0.3, -0.25) is 14.7 Å². The molecule has 23 heavy (non-hydrogen) atoms. The van der Waals surface area contributed by atoms with Crippen molar-refractivity contribution in [2.24, 2.45) is 5.92 Å². The Bertz CT molecular complexity index is 371. The van der Waals surface area contributed by atoms with E-state index in [1.165, 1.54) is 45.6 Å². The second-order valence-electron chi connectivity index (χ2n) is 10.1. The molecule has 3 nitrogen and oxygen atoms in total. The van der Waals surface area contributed by atoms with Crippen molar-refractivity contribution in [3.05, 3.63) is 0 Å². The van der Waals surface area contributed by atoms with E-state index in [-0.39, 0.29) is 5.54 Å². The topological polar surface area (TPSA) is 9.72 Å². The fourth-order valence-electron chi connectivity index (χ4n) is 4.51. The van der Waals surface area contributed by atoms with Crippen LogP contribution in [0.4, 0.5) is 0 Å². The molecule has 0 N–H and O–H groups in total. The zero-order valence-electron chi connectivity index (χ0n) is 17.0. The monoisotopic (exact) mass is 323 g/mol. The highest BCUT2D eigenvalue weighted by Crippen LogP contribution is 2.28. The Balaban J connectivity index is 1.86. The molecule has 0 aromatic rings. The van der Waals surface area contributed by atoms with Crippen LogP contribution >= 0.6 is 0 Å². The number of nitrogens with zero attached hydrogens (tertiary/aromatic N) is 3. The largest absolute Gasteiger partial charge is 0.298 e. The highest BCUT2D eigenvalue weighted by atomic mass is 15.3. The molecule has 2 aliphatic rings. The first kappa shape index (κ1) is 19.2. The number of hydrogen-bond acceptors (Lipinski definition) is 3. The molecule has 2 rings (SSSR count). The van der Waals surface area contributed by atoms with Gasteiger partial charge in [-0.05, 0) is 87.2 Å². The van der Waals surface area contributed by atoms with Gasteiger partial charge in [0, 0.05) is 42.8 Å². The van der Waals surface area contributed by atoms with Crippen molar-refractivity contribution in [1.82, 2.24) is 14.7 Å². The molecule has 2 aliphatic heterocycles. The lowest BCUT2D eigenvalue weighted by Gasteiger charge is -2.51. The van der Waals surface area contributed by atoms with Gasteiger partial charge in [-0.25, -0.2) is 0 Å². The van der Waals surface area contributed by atoms with Crippen LogP contribution in [0.3, 0.4) is 0 Å². The summed E-state index contributed by atoms with van der Waals surface area (Å²) in [5.74, 6) is 0.893. The third-order valence-electron chi connectivity index (χ3n) is 6.03. The summed E-state index contributed by atoms with van der Waals surface area (Å²) in [5.41, 5.74) is 0.628. The quantitative estimate of drug-likeness (QED) is 0.767. The van der Waals surface area contributed by atoms with Crippen molar-refractivity contribution in [3.8, 4) is 0 Å². The Morgan fingerprint density at radius 1 is 0.783 bits per heavy atom. The number of likely N-dealkylation sites (tertiary alicyclic amines) is 1. The summed E-state index contributed by atoms with van der Waals surface area (Å²) in [5, 5.41) is 0. The summed E-state index contributed by atoms with van der Waals surface area (Å²) in [6.07, 6.45) is 2.75. The number of hydrogen-bond donors (Lipinski definition) is 0. The molecular weight excluding hydrogens is 282 g/mol. The highest BCUT2D eigenvalue weighted by molar-refractivity contribution is 4.92. The van der Waals surface area contributed by atoms with E-state index in [0.29, 0.717) is 17.6 Å². The second-order valence-corrected chi connectivity index (χ2v) is 10.1. The maximum atomic E-state index is 2.77. The Morgan fingerprint density at radius 3 is 1.83 bits per heavy atom. The fraction of sp³-hybridized carbons (Fsp3) is 1.00. The van der Waals surface area contributed by atoms with Gasteiger partial charge in [0.2, 0.25) is 0 Å². The summed E-state index contributed by atoms with van der Waals surface area (Å²) in [6.45, 7) is 25.3. The third-order valence-corrected chi connectivity index (χ3v) is 6.03. The Morgan fingerprint density at radius 2 is 1.35 bits per heavy atom. The van der Waals surface area contributed by atoms with Crippen LogP contribution in [0.2, 0.25) is 0 Å². The van der Waals surface area contributed by atoms with E-state index in [1.807, 2.05) is 0 Å². The first-order chi connectivity index (χ1) is 10.5. The van der Waals surface area contributed by atoms with Crippen LogP contribution < -0.4 is 0 Å². The standard InChI is InChI=1S/C20H41N3/c1-16-14-23(20(6,7)8)17(2)13-21(16)15-18-9-11-22(12-10-18)19(3,4)5/h16-18H,9-15H2,1-8H3. The van der Waals surface area contributed by atoms with Gasteiger partial charge in [0.05, 0.1) is 0 Å². The minimum atomic E-state index is 0.289. The summed E-state index contributed by atoms with van der Waals surface area (Å²) in [4.78, 5) is 8.12. The fourth-order valence-corrected chi connectivity index (χ4v) is 4.51. The van der Waals surface area contributed by atoms with E-state index in [1.54, 1.807) is 0 Å². The number of rotatable bonds is 2. The molecule has 0 saturated carbocycles. The highest BCUT2D eigenvalue weighted by Gasteiger charge is 2.36. The lowest BCUT2D eigenvalue weighted by Crippen LogP contribution is -2.62. The molecule has 2 unspecified atom stereocenters. The van der Waals surface area contributed by atoms with Gasteiger partial charge in [0.25, 0.3) is 0 Å². The summed E-state index contributed by atoms with van der Waals surface area (Å²) in [6, 6.07) is 1.35. The van der Waals surface area contributed by atoms with Gasteiger partial charge in [-0.15, -0.1) is 0 Å². The molecular formula is C20H41N3. The van der Waals surface area contributed by atoms with Gasteiger partial charge in [0.15, 0.2) is 0 Å². The average molecular weight is 324 g/mol. The van der Waals surface area contributed by atoms with E-state index in [4.69, 9.17) is 0 Å². The van der Waals surface area contributed by atoms with E-state index in [0.717, 1.165) is 5.92 Å². The number of piperazine rings is 1. The van der Waals surface area contributed by atoms with Crippen molar-refractivity contribution in [3.63, 3.8) is 0 Å². The third kappa shape index (κ3) is 4.93. The molecule has 0 bridgehead atoms. The van der Waals surface area contributed by atoms with Gasteiger partial charge < -0.3 is 0 Å². The van der Waals surface area contributed by atoms with Crippen LogP contribution in [0.15, 0.2) is 0 Å². The molecule has 2 fully saturated rings. The minimum absolute atomic E-state index is 0.289. The van der Waals surface area contributed by atoms with Crippen molar-refractivity contribution in [2.75, 3.05) is 32.7 Å². The van der Waals surface area contributed by atoms with Crippen LogP contribution in [0.5, 0.6) is 0 Å². The van der Waals surface area contributed by atoms with Crippen LogP contribution in [-0.4, -0.2) is 70.6 Å². The lowest BCUT2D eigenvalue weighted by molar-refractivity contribution is -0.0227. The van der Waals surface area contributed by atoms with Crippen molar-refractivity contribution >= 4 is 0 Å². The molecule has 0 radical (unpaired) electrons. The lowest BCUT2D eigenvalue weighted by atomic mass is 9.91. The van der Waals surface area contributed by atoms with E-state index in [9.17, 15) is 0 Å². The number of piperidine rings is 1. The maximum absolute atomic E-state index is 2.77. The maximum Gasteiger partial charge on any atom is 0.0200 e. The Hall–Kier alpha value is -0.120. The van der Waals surface area contributed by atoms with Crippen molar-refractivity contribution in [2.45, 2.75) is 91.4 Å². The average Bonchev–Trinajstić information content (AvgIpc) is 2.41. The van der Waals surface area contributed by atoms with E-state index in [2.05, 4.69) is 70.1 Å². The molecule has 2 heterocycles. The molecule has 0 aromatic heterocycles. The smallest absolute Gasteiger partial charge is 0.0200 e. The van der Waals surface area contributed by atoms with E-state index < -0.39 is 0 Å². The van der Waals surface area contributed by atoms with E-state index >= 15 is 0 Å². The van der Waals surface area contributed by atoms with Crippen molar-refractivity contribution in [1.29, 1.82) is 0 Å². The van der Waals surface area contributed by atoms with Crippen LogP contribution in [0.1, 0.15) is 68.2 Å². The van der Waals surface area contributed by atoms with Crippen LogP contribution in [0, 0.1) is 5.92 Å². The molecule has 3 heteroatoms. The normalized spacial score (nSPS) is 30.8. The Kier molecular flexibility index (Phi) is 5.86. The van der Waals surface area contributed by atoms with Gasteiger partial charge in [-0.2, -0.15) is 0 Å². The van der Waals surface area contributed by atoms with Gasteiger partial charge in [0.1, 0.15) is 0 Å². The molecule has 2 atom stereocenters. The summed E-state index contributed by atoms with van der Waals surface area (Å²) >= 11 is 0. The zero-order valence-corrected chi connectivity index (χ0v) is 17.0. The van der Waals surface area contributed by atoms with Gasteiger partial charge in [-0.1, -0.05) is 0 Å². The minimum Gasteiger partial charge on any atom is -0.298 e. The van der Waals surface area contributed by atoms with Crippen molar-refractivity contribution < 1.29 is 0 Å². The SMILES string of the molecule is CC1CN(C(C)(C)C)C(C)CN1CC1CCN(C(C)(C)C)CC1. The molecule has 0 spiro atoms. The predicted molar refractivity (Wildman–Crippen MR) is 101 cm³/mol. The molecule has 136 valence electrons. The first-order valence-electron chi connectivity index (χ1n) is 9.74. The zero-order chi connectivity index (χ0) is 17.4. The predicted octanol–water partition coefficient (Wildman–Crippen LogP) is 3.69. The molecule has 0 aliphatic carbocycles. The Labute approximate surface area is 145 Å². The van der Waals surface area contributed by atoms with Crippen LogP contribution in [0.25, 0.3) is 0 Å². The molecule has 2 saturated heterocycles. The summed E-state index contributed by atoms with van der Waals surface area (Å²) in [7, 11) is 0. The first-order valence-corrected chi connectivity index (χ1v) is 9.74. The summed E-state index contributed by atoms with van der Waals surface area (Å²) < 4.78 is 0.